The Morgan fingerprint density at radius 2 is 1.42 bits per heavy atom. The van der Waals surface area contributed by atoms with Crippen LogP contribution in [0.1, 0.15) is 33.1 Å². The van der Waals surface area contributed by atoms with E-state index in [-0.39, 0.29) is 30.6 Å². The summed E-state index contributed by atoms with van der Waals surface area (Å²) in [6.07, 6.45) is -0.438. The molecule has 0 aliphatic heterocycles. The smallest absolute Gasteiger partial charge is 0.326 e. The van der Waals surface area contributed by atoms with Crippen LogP contribution in [0.25, 0.3) is 0 Å². The highest BCUT2D eigenvalue weighted by Gasteiger charge is 2.30. The van der Waals surface area contributed by atoms with Crippen LogP contribution >= 0.6 is 12.6 Å². The van der Waals surface area contributed by atoms with Gasteiger partial charge in [-0.05, 0) is 18.8 Å². The van der Waals surface area contributed by atoms with E-state index in [1.165, 1.54) is 0 Å². The number of rotatable bonds is 15. The minimum Gasteiger partial charge on any atom is -0.481 e. The summed E-state index contributed by atoms with van der Waals surface area (Å²) in [6.45, 7) is 3.65. The van der Waals surface area contributed by atoms with E-state index in [4.69, 9.17) is 27.4 Å². The Balaban J connectivity index is 5.36. The van der Waals surface area contributed by atoms with E-state index in [1.54, 1.807) is 13.8 Å². The topological polar surface area (TPSA) is 252 Å². The van der Waals surface area contributed by atoms with Crippen molar-refractivity contribution in [1.29, 1.82) is 0 Å². The Hall–Kier alpha value is -3.07. The summed E-state index contributed by atoms with van der Waals surface area (Å²) in [5.41, 5.74) is 16.3. The van der Waals surface area contributed by atoms with Gasteiger partial charge in [-0.1, -0.05) is 13.8 Å². The first-order chi connectivity index (χ1) is 15.3. The number of amides is 3. The summed E-state index contributed by atoms with van der Waals surface area (Å²) in [6, 6.07) is -4.98. The third kappa shape index (κ3) is 11.9. The normalized spacial score (nSPS) is 14.3. The van der Waals surface area contributed by atoms with Crippen LogP contribution in [-0.2, 0) is 24.0 Å². The molecule has 188 valence electrons. The molecule has 0 fully saturated rings. The summed E-state index contributed by atoms with van der Waals surface area (Å²) < 4.78 is 0. The van der Waals surface area contributed by atoms with Gasteiger partial charge in [-0.25, -0.2) is 4.79 Å². The van der Waals surface area contributed by atoms with Crippen molar-refractivity contribution in [2.75, 3.05) is 12.3 Å². The fourth-order valence-corrected chi connectivity index (χ4v) is 2.71. The van der Waals surface area contributed by atoms with Crippen molar-refractivity contribution in [1.82, 2.24) is 16.0 Å². The molecule has 0 aromatic heterocycles. The molecule has 0 aromatic carbocycles. The number of aliphatic imine (C=N–C) groups is 1. The quantitative estimate of drug-likeness (QED) is 0.0484. The summed E-state index contributed by atoms with van der Waals surface area (Å²) >= 11 is 3.99. The number of hydrogen-bond donors (Lipinski definition) is 9. The minimum absolute atomic E-state index is 0.108. The molecule has 15 heteroatoms. The number of carboxylic acid groups (broad SMARTS) is 2. The molecule has 0 aliphatic rings. The minimum atomic E-state index is -1.70. The van der Waals surface area contributed by atoms with Crippen LogP contribution in [0.4, 0.5) is 0 Å². The first-order valence-electron chi connectivity index (χ1n) is 10.1. The van der Waals surface area contributed by atoms with Gasteiger partial charge in [0.05, 0.1) is 12.5 Å². The monoisotopic (exact) mass is 491 g/mol. The van der Waals surface area contributed by atoms with Crippen LogP contribution in [0.2, 0.25) is 0 Å². The summed E-state index contributed by atoms with van der Waals surface area (Å²) in [7, 11) is 0. The highest BCUT2D eigenvalue weighted by atomic mass is 32.1. The molecule has 0 bridgehead atoms. The van der Waals surface area contributed by atoms with E-state index in [1.807, 2.05) is 5.32 Å². The molecule has 0 aromatic rings. The Labute approximate surface area is 196 Å². The number of nitrogens with zero attached hydrogens (tertiary/aromatic N) is 1. The van der Waals surface area contributed by atoms with Crippen molar-refractivity contribution < 1.29 is 34.2 Å². The number of carbonyl (C=O) groups excluding carboxylic acids is 3. The average molecular weight is 492 g/mol. The van der Waals surface area contributed by atoms with E-state index in [2.05, 4.69) is 28.3 Å². The lowest BCUT2D eigenvalue weighted by molar-refractivity contribution is -0.147. The summed E-state index contributed by atoms with van der Waals surface area (Å²) in [5, 5.41) is 24.8. The lowest BCUT2D eigenvalue weighted by Gasteiger charge is -2.25. The van der Waals surface area contributed by atoms with Crippen LogP contribution in [0.15, 0.2) is 4.99 Å². The van der Waals surface area contributed by atoms with Gasteiger partial charge in [0.1, 0.15) is 18.1 Å². The van der Waals surface area contributed by atoms with Gasteiger partial charge in [-0.2, -0.15) is 12.6 Å². The van der Waals surface area contributed by atoms with Crippen molar-refractivity contribution in [2.45, 2.75) is 57.3 Å². The molecule has 0 saturated carbocycles. The molecule has 11 N–H and O–H groups in total. The van der Waals surface area contributed by atoms with Gasteiger partial charge in [-0.15, -0.1) is 0 Å². The van der Waals surface area contributed by atoms with Crippen molar-refractivity contribution in [3.05, 3.63) is 0 Å². The zero-order chi connectivity index (χ0) is 25.7. The van der Waals surface area contributed by atoms with E-state index in [0.29, 0.717) is 6.42 Å². The molecule has 3 amide bonds. The van der Waals surface area contributed by atoms with Gasteiger partial charge in [0.25, 0.3) is 0 Å². The Kier molecular flexibility index (Phi) is 13.5. The molecule has 4 atom stereocenters. The van der Waals surface area contributed by atoms with Crippen molar-refractivity contribution in [3.63, 3.8) is 0 Å². The highest BCUT2D eigenvalue weighted by molar-refractivity contribution is 7.80. The predicted octanol–water partition coefficient (Wildman–Crippen LogP) is -3.03. The lowest BCUT2D eigenvalue weighted by atomic mass is 10.0. The first-order valence-corrected chi connectivity index (χ1v) is 10.7. The number of hydrogen-bond acceptors (Lipinski definition) is 8. The second-order valence-corrected chi connectivity index (χ2v) is 7.89. The maximum atomic E-state index is 12.8. The average Bonchev–Trinajstić information content (AvgIpc) is 2.71. The number of aliphatic carboxylic acids is 2. The zero-order valence-electron chi connectivity index (χ0n) is 18.5. The predicted molar refractivity (Wildman–Crippen MR) is 122 cm³/mol. The molecule has 0 rings (SSSR count). The molecular weight excluding hydrogens is 458 g/mol. The fraction of sp³-hybridized carbons (Fsp3) is 0.667. The van der Waals surface area contributed by atoms with E-state index < -0.39 is 60.2 Å². The molecule has 0 saturated heterocycles. The maximum absolute atomic E-state index is 12.8. The summed E-state index contributed by atoms with van der Waals surface area (Å²) in [4.78, 5) is 63.3. The number of carbonyl (C=O) groups is 5. The number of thiol groups is 1. The van der Waals surface area contributed by atoms with Crippen molar-refractivity contribution in [2.24, 2.45) is 28.1 Å². The Morgan fingerprint density at radius 1 is 0.909 bits per heavy atom. The van der Waals surface area contributed by atoms with Gasteiger partial charge >= 0.3 is 11.9 Å². The van der Waals surface area contributed by atoms with Crippen LogP contribution in [0.5, 0.6) is 0 Å². The molecule has 0 radical (unpaired) electrons. The standard InChI is InChI=1S/C18H33N7O7S/c1-8(2)13(19)16(30)23-9(4-3-5-22-18(20)21)14(28)25-11(7-33)15(29)24-10(17(31)32)6-12(26)27/h8-11,13,33H,3-7,19H2,1-2H3,(H,23,30)(H,24,29)(H,25,28)(H,26,27)(H,31,32)(H4,20,21,22). The van der Waals surface area contributed by atoms with Gasteiger partial charge < -0.3 is 43.4 Å². The molecule has 33 heavy (non-hydrogen) atoms. The highest BCUT2D eigenvalue weighted by Crippen LogP contribution is 2.04. The molecule has 4 unspecified atom stereocenters. The van der Waals surface area contributed by atoms with E-state index >= 15 is 0 Å². The maximum Gasteiger partial charge on any atom is 0.326 e. The van der Waals surface area contributed by atoms with E-state index in [0.717, 1.165) is 0 Å². The summed E-state index contributed by atoms with van der Waals surface area (Å²) in [5.74, 6) is -5.82. The molecular formula is C18H33N7O7S. The zero-order valence-corrected chi connectivity index (χ0v) is 19.4. The van der Waals surface area contributed by atoms with Gasteiger partial charge in [0.2, 0.25) is 17.7 Å². The van der Waals surface area contributed by atoms with Crippen molar-refractivity contribution >= 4 is 48.2 Å². The second kappa shape index (κ2) is 14.9. The number of carboxylic acids is 2. The van der Waals surface area contributed by atoms with Gasteiger partial charge in [0.15, 0.2) is 5.96 Å². The van der Waals surface area contributed by atoms with Crippen LogP contribution in [0, 0.1) is 5.92 Å². The lowest BCUT2D eigenvalue weighted by Crippen LogP contribution is -2.58. The first kappa shape index (κ1) is 29.9. The Morgan fingerprint density at radius 3 is 1.88 bits per heavy atom. The number of nitrogens with two attached hydrogens (primary N) is 3. The van der Waals surface area contributed by atoms with Crippen LogP contribution in [0.3, 0.4) is 0 Å². The van der Waals surface area contributed by atoms with E-state index in [9.17, 15) is 24.0 Å². The SMILES string of the molecule is CC(C)C(N)C(=O)NC(CCCN=C(N)N)C(=O)NC(CS)C(=O)NC(CC(=O)O)C(=O)O. The number of guanidine groups is 1. The largest absolute Gasteiger partial charge is 0.481 e. The Bertz CT molecular complexity index is 744. The van der Waals surface area contributed by atoms with Crippen molar-refractivity contribution in [3.8, 4) is 0 Å². The van der Waals surface area contributed by atoms with Crippen LogP contribution < -0.4 is 33.2 Å². The third-order valence-electron chi connectivity index (χ3n) is 4.41. The van der Waals surface area contributed by atoms with Gasteiger partial charge in [0, 0.05) is 12.3 Å². The molecule has 0 spiro atoms. The van der Waals surface area contributed by atoms with Gasteiger partial charge in [-0.3, -0.25) is 24.2 Å². The fourth-order valence-electron chi connectivity index (χ4n) is 2.46. The second-order valence-electron chi connectivity index (χ2n) is 7.52. The molecule has 0 heterocycles. The molecule has 14 nitrogen and oxygen atoms in total. The third-order valence-corrected chi connectivity index (χ3v) is 4.77. The number of nitrogens with one attached hydrogen (secondary N) is 3. The molecule has 0 aliphatic carbocycles. The van der Waals surface area contributed by atoms with Crippen LogP contribution in [-0.4, -0.2) is 82.3 Å².